The third kappa shape index (κ3) is 4.91. The highest BCUT2D eigenvalue weighted by molar-refractivity contribution is 9.10. The zero-order valence-corrected chi connectivity index (χ0v) is 18.1. The summed E-state index contributed by atoms with van der Waals surface area (Å²) in [6, 6.07) is 8.48. The Labute approximate surface area is 180 Å². The number of benzene rings is 1. The Kier molecular flexibility index (Phi) is 6.37. The van der Waals surface area contributed by atoms with E-state index in [4.69, 9.17) is 4.52 Å². The molecule has 0 saturated carbocycles. The maximum absolute atomic E-state index is 14.0. The molecule has 1 saturated heterocycles. The highest BCUT2D eigenvalue weighted by Gasteiger charge is 2.24. The minimum Gasteiger partial charge on any atom is -0.339 e. The first-order valence-corrected chi connectivity index (χ1v) is 11.1. The molecule has 0 bridgehead atoms. The molecule has 1 aliphatic rings. The van der Waals surface area contributed by atoms with Gasteiger partial charge in [0.25, 0.3) is 5.91 Å². The van der Waals surface area contributed by atoms with Gasteiger partial charge in [0.05, 0.1) is 10.4 Å². The lowest BCUT2D eigenvalue weighted by molar-refractivity contribution is 0.0631. The van der Waals surface area contributed by atoms with Crippen LogP contribution < -0.4 is 0 Å². The van der Waals surface area contributed by atoms with Crippen molar-refractivity contribution in [3.05, 3.63) is 57.5 Å². The lowest BCUT2D eigenvalue weighted by Gasteiger charge is -2.34. The minimum atomic E-state index is -0.492. The Morgan fingerprint density at radius 2 is 2.07 bits per heavy atom. The van der Waals surface area contributed by atoms with Crippen LogP contribution in [0.5, 0.6) is 0 Å². The number of piperazine rings is 1. The molecule has 6 nitrogen and oxygen atoms in total. The normalized spacial score (nSPS) is 15.0. The first-order valence-electron chi connectivity index (χ1n) is 9.43. The maximum atomic E-state index is 14.0. The number of hydrogen-bond acceptors (Lipinski definition) is 6. The topological polar surface area (TPSA) is 62.5 Å². The van der Waals surface area contributed by atoms with E-state index in [1.807, 2.05) is 17.5 Å². The maximum Gasteiger partial charge on any atom is 0.256 e. The molecule has 152 valence electrons. The van der Waals surface area contributed by atoms with Gasteiger partial charge < -0.3 is 9.42 Å². The molecule has 29 heavy (non-hydrogen) atoms. The summed E-state index contributed by atoms with van der Waals surface area (Å²) >= 11 is 4.80. The van der Waals surface area contributed by atoms with Crippen molar-refractivity contribution in [2.75, 3.05) is 32.7 Å². The number of hydrogen-bond donors (Lipinski definition) is 0. The molecule has 0 spiro atoms. The number of carbonyl (C=O) groups excluding carboxylic acids is 1. The summed E-state index contributed by atoms with van der Waals surface area (Å²) in [6.45, 7) is 3.63. The number of thiophene rings is 1. The van der Waals surface area contributed by atoms with Crippen LogP contribution in [0.15, 0.2) is 44.7 Å². The van der Waals surface area contributed by atoms with Crippen LogP contribution in [0.25, 0.3) is 10.7 Å². The predicted octanol–water partition coefficient (Wildman–Crippen LogP) is 4.09. The molecule has 1 aromatic carbocycles. The highest BCUT2D eigenvalue weighted by atomic mass is 79.9. The summed E-state index contributed by atoms with van der Waals surface area (Å²) in [6.07, 6.45) is 1.63. The molecular weight excluding hydrogens is 459 g/mol. The minimum absolute atomic E-state index is 0.125. The van der Waals surface area contributed by atoms with Gasteiger partial charge in [-0.1, -0.05) is 27.2 Å². The van der Waals surface area contributed by atoms with Crippen LogP contribution in [0.1, 0.15) is 22.7 Å². The second kappa shape index (κ2) is 9.15. The molecule has 0 N–H and O–H groups in total. The van der Waals surface area contributed by atoms with Gasteiger partial charge >= 0.3 is 0 Å². The molecule has 1 fully saturated rings. The van der Waals surface area contributed by atoms with Gasteiger partial charge in [-0.15, -0.1) is 11.3 Å². The highest BCUT2D eigenvalue weighted by Crippen LogP contribution is 2.22. The van der Waals surface area contributed by atoms with Crippen molar-refractivity contribution in [2.24, 2.45) is 0 Å². The summed E-state index contributed by atoms with van der Waals surface area (Å²) in [5, 5.41) is 6.01. The van der Waals surface area contributed by atoms with E-state index >= 15 is 0 Å². The van der Waals surface area contributed by atoms with Crippen molar-refractivity contribution in [2.45, 2.75) is 12.8 Å². The number of carbonyl (C=O) groups is 1. The fourth-order valence-corrected chi connectivity index (χ4v) is 4.31. The Morgan fingerprint density at radius 1 is 1.24 bits per heavy atom. The summed E-state index contributed by atoms with van der Waals surface area (Å²) in [4.78, 5) is 22.0. The Balaban J connectivity index is 1.22. The van der Waals surface area contributed by atoms with Gasteiger partial charge in [0.1, 0.15) is 5.82 Å². The van der Waals surface area contributed by atoms with Crippen LogP contribution in [-0.2, 0) is 6.42 Å². The molecule has 4 rings (SSSR count). The molecule has 0 aliphatic carbocycles. The zero-order valence-electron chi connectivity index (χ0n) is 15.7. The monoisotopic (exact) mass is 478 g/mol. The molecular formula is C20H20BrFN4O2S. The van der Waals surface area contributed by atoms with E-state index in [1.54, 1.807) is 22.3 Å². The van der Waals surface area contributed by atoms with Crippen LogP contribution in [-0.4, -0.2) is 58.6 Å². The van der Waals surface area contributed by atoms with E-state index in [0.717, 1.165) is 37.4 Å². The van der Waals surface area contributed by atoms with Crippen molar-refractivity contribution in [1.29, 1.82) is 0 Å². The SMILES string of the molecule is O=C(c1ccc(Br)cc1F)N1CCN(CCCc2nc(-c3cccs3)no2)CC1. The van der Waals surface area contributed by atoms with Crippen molar-refractivity contribution in [1.82, 2.24) is 19.9 Å². The predicted molar refractivity (Wildman–Crippen MR) is 112 cm³/mol. The van der Waals surface area contributed by atoms with E-state index in [1.165, 1.54) is 12.1 Å². The van der Waals surface area contributed by atoms with E-state index < -0.39 is 5.82 Å². The lowest BCUT2D eigenvalue weighted by Crippen LogP contribution is -2.49. The van der Waals surface area contributed by atoms with Gasteiger partial charge in [-0.05, 0) is 42.6 Å². The smallest absolute Gasteiger partial charge is 0.256 e. The van der Waals surface area contributed by atoms with E-state index in [0.29, 0.717) is 29.3 Å². The number of rotatable bonds is 6. The average Bonchev–Trinajstić information content (AvgIpc) is 3.40. The van der Waals surface area contributed by atoms with Crippen molar-refractivity contribution < 1.29 is 13.7 Å². The number of halogens is 2. The van der Waals surface area contributed by atoms with E-state index in [2.05, 4.69) is 31.0 Å². The number of amides is 1. The Bertz CT molecular complexity index is 971. The third-order valence-corrected chi connectivity index (χ3v) is 6.25. The van der Waals surface area contributed by atoms with Gasteiger partial charge in [-0.3, -0.25) is 9.69 Å². The molecule has 1 amide bonds. The molecule has 3 aromatic rings. The van der Waals surface area contributed by atoms with Gasteiger partial charge in [-0.25, -0.2) is 4.39 Å². The second-order valence-electron chi connectivity index (χ2n) is 6.85. The van der Waals surface area contributed by atoms with Crippen LogP contribution in [0.2, 0.25) is 0 Å². The molecule has 0 unspecified atom stereocenters. The third-order valence-electron chi connectivity index (χ3n) is 4.90. The standard InChI is InChI=1S/C20H20BrFN4O2S/c21-14-5-6-15(16(22)13-14)20(27)26-10-8-25(9-11-26)7-1-4-18-23-19(24-28-18)17-3-2-12-29-17/h2-3,5-6,12-13H,1,4,7-11H2. The molecule has 9 heteroatoms. The quantitative estimate of drug-likeness (QED) is 0.533. The van der Waals surface area contributed by atoms with Gasteiger partial charge in [0, 0.05) is 37.1 Å². The van der Waals surface area contributed by atoms with Crippen LogP contribution in [0, 0.1) is 5.82 Å². The Morgan fingerprint density at radius 3 is 2.79 bits per heavy atom. The fourth-order valence-electron chi connectivity index (χ4n) is 3.32. The summed E-state index contributed by atoms with van der Waals surface area (Å²) < 4.78 is 20.0. The number of aromatic nitrogens is 2. The summed E-state index contributed by atoms with van der Waals surface area (Å²) in [7, 11) is 0. The van der Waals surface area contributed by atoms with E-state index in [-0.39, 0.29) is 11.5 Å². The van der Waals surface area contributed by atoms with Crippen molar-refractivity contribution in [3.63, 3.8) is 0 Å². The summed E-state index contributed by atoms with van der Waals surface area (Å²) in [5.41, 5.74) is 0.125. The molecule has 0 atom stereocenters. The van der Waals surface area contributed by atoms with E-state index in [9.17, 15) is 9.18 Å². The van der Waals surface area contributed by atoms with Crippen LogP contribution in [0.4, 0.5) is 4.39 Å². The first kappa shape index (κ1) is 20.2. The van der Waals surface area contributed by atoms with Crippen molar-refractivity contribution >= 4 is 33.2 Å². The van der Waals surface area contributed by atoms with Gasteiger partial charge in [0.15, 0.2) is 0 Å². The average molecular weight is 479 g/mol. The largest absolute Gasteiger partial charge is 0.339 e. The first-order chi connectivity index (χ1) is 14.1. The van der Waals surface area contributed by atoms with Crippen LogP contribution in [0.3, 0.4) is 0 Å². The Hall–Kier alpha value is -2.10. The van der Waals surface area contributed by atoms with Gasteiger partial charge in [-0.2, -0.15) is 4.98 Å². The second-order valence-corrected chi connectivity index (χ2v) is 8.71. The summed E-state index contributed by atoms with van der Waals surface area (Å²) in [5.74, 6) is 0.546. The molecule has 3 heterocycles. The van der Waals surface area contributed by atoms with Crippen LogP contribution >= 0.6 is 27.3 Å². The van der Waals surface area contributed by atoms with Crippen molar-refractivity contribution in [3.8, 4) is 10.7 Å². The molecule has 2 aromatic heterocycles. The molecule has 1 aliphatic heterocycles. The molecule has 0 radical (unpaired) electrons. The number of aryl methyl sites for hydroxylation is 1. The number of nitrogens with zero attached hydrogens (tertiary/aromatic N) is 4. The zero-order chi connectivity index (χ0) is 20.2. The lowest BCUT2D eigenvalue weighted by atomic mass is 10.1. The fraction of sp³-hybridized carbons (Fsp3) is 0.350. The van der Waals surface area contributed by atoms with Gasteiger partial charge in [0.2, 0.25) is 11.7 Å².